The molecule has 1 atom stereocenters. The zero-order valence-electron chi connectivity index (χ0n) is 15.8. The van der Waals surface area contributed by atoms with Gasteiger partial charge in [-0.05, 0) is 30.6 Å². The van der Waals surface area contributed by atoms with Gasteiger partial charge in [0, 0.05) is 33.0 Å². The Balaban J connectivity index is 1.67. The van der Waals surface area contributed by atoms with E-state index < -0.39 is 12.0 Å². The highest BCUT2D eigenvalue weighted by Gasteiger charge is 2.48. The number of aliphatic carboxylic acids is 1. The third-order valence-electron chi connectivity index (χ3n) is 5.60. The topological polar surface area (TPSA) is 99.8 Å². The Morgan fingerprint density at radius 2 is 2.04 bits per heavy atom. The second kappa shape index (κ2) is 7.34. The van der Waals surface area contributed by atoms with Gasteiger partial charge in [0.15, 0.2) is 5.82 Å². The molecule has 1 N–H and O–H groups in total. The lowest BCUT2D eigenvalue weighted by Gasteiger charge is -2.39. The van der Waals surface area contributed by atoms with Crippen molar-refractivity contribution >= 4 is 11.9 Å². The second-order valence-corrected chi connectivity index (χ2v) is 8.17. The zero-order chi connectivity index (χ0) is 18.9. The molecule has 1 unspecified atom stereocenters. The van der Waals surface area contributed by atoms with Gasteiger partial charge in [0.05, 0.1) is 6.54 Å². The Labute approximate surface area is 153 Å². The van der Waals surface area contributed by atoms with Gasteiger partial charge in [-0.3, -0.25) is 14.5 Å². The predicted molar refractivity (Wildman–Crippen MR) is 93.2 cm³/mol. The van der Waals surface area contributed by atoms with Crippen molar-refractivity contribution in [2.45, 2.75) is 59.0 Å². The molecule has 144 valence electrons. The fourth-order valence-electron chi connectivity index (χ4n) is 4.18. The van der Waals surface area contributed by atoms with Crippen LogP contribution in [0.3, 0.4) is 0 Å². The third kappa shape index (κ3) is 4.06. The fraction of sp³-hybridized carbons (Fsp3) is 0.778. The maximum atomic E-state index is 11.8. The van der Waals surface area contributed by atoms with Crippen LogP contribution in [0.15, 0.2) is 4.52 Å². The van der Waals surface area contributed by atoms with E-state index in [9.17, 15) is 14.7 Å². The van der Waals surface area contributed by atoms with E-state index in [0.717, 1.165) is 19.3 Å². The number of nitrogens with zero attached hydrogens (tertiary/aromatic N) is 4. The SMILES string of the molecule is CC(=O)N1CCC2(CC1)CC(C(=O)O)N(Cc1noc(CC(C)C)n1)C2. The highest BCUT2D eigenvalue weighted by Crippen LogP contribution is 2.43. The predicted octanol–water partition coefficient (Wildman–Crippen LogP) is 1.56. The van der Waals surface area contributed by atoms with Crippen LogP contribution in [0.4, 0.5) is 0 Å². The van der Waals surface area contributed by atoms with E-state index in [2.05, 4.69) is 24.0 Å². The minimum Gasteiger partial charge on any atom is -0.480 e. The van der Waals surface area contributed by atoms with Crippen LogP contribution in [0.25, 0.3) is 0 Å². The van der Waals surface area contributed by atoms with Crippen molar-refractivity contribution in [1.29, 1.82) is 0 Å². The number of likely N-dealkylation sites (tertiary alicyclic amines) is 2. The molecule has 3 rings (SSSR count). The number of rotatable bonds is 5. The van der Waals surface area contributed by atoms with Crippen molar-refractivity contribution in [3.8, 4) is 0 Å². The molecular weight excluding hydrogens is 336 g/mol. The van der Waals surface area contributed by atoms with E-state index in [4.69, 9.17) is 4.52 Å². The Kier molecular flexibility index (Phi) is 5.32. The Bertz CT molecular complexity index is 664. The fourth-order valence-corrected chi connectivity index (χ4v) is 4.18. The lowest BCUT2D eigenvalue weighted by molar-refractivity contribution is -0.142. The minimum atomic E-state index is -0.804. The monoisotopic (exact) mass is 364 g/mol. The van der Waals surface area contributed by atoms with Gasteiger partial charge in [-0.1, -0.05) is 19.0 Å². The van der Waals surface area contributed by atoms with Crippen LogP contribution < -0.4 is 0 Å². The van der Waals surface area contributed by atoms with E-state index in [1.54, 1.807) is 6.92 Å². The van der Waals surface area contributed by atoms with Crippen LogP contribution in [-0.2, 0) is 22.6 Å². The van der Waals surface area contributed by atoms with Gasteiger partial charge in [-0.15, -0.1) is 0 Å². The number of carboxylic acid groups (broad SMARTS) is 1. The second-order valence-electron chi connectivity index (χ2n) is 8.17. The van der Waals surface area contributed by atoms with Crippen LogP contribution in [0, 0.1) is 11.3 Å². The smallest absolute Gasteiger partial charge is 0.320 e. The van der Waals surface area contributed by atoms with Gasteiger partial charge in [0.2, 0.25) is 11.8 Å². The quantitative estimate of drug-likeness (QED) is 0.846. The first-order chi connectivity index (χ1) is 12.3. The van der Waals surface area contributed by atoms with Gasteiger partial charge >= 0.3 is 5.97 Å². The largest absolute Gasteiger partial charge is 0.480 e. The van der Waals surface area contributed by atoms with E-state index >= 15 is 0 Å². The van der Waals surface area contributed by atoms with Gasteiger partial charge < -0.3 is 14.5 Å². The van der Waals surface area contributed by atoms with Crippen LogP contribution in [0.5, 0.6) is 0 Å². The van der Waals surface area contributed by atoms with Crippen LogP contribution in [0.2, 0.25) is 0 Å². The summed E-state index contributed by atoms with van der Waals surface area (Å²) in [5.41, 5.74) is -0.0422. The van der Waals surface area contributed by atoms with Crippen molar-refractivity contribution in [1.82, 2.24) is 19.9 Å². The Hall–Kier alpha value is -1.96. The number of carboxylic acids is 1. The number of hydrogen-bond acceptors (Lipinski definition) is 6. The summed E-state index contributed by atoms with van der Waals surface area (Å²) >= 11 is 0. The molecule has 2 aliphatic heterocycles. The lowest BCUT2D eigenvalue weighted by atomic mass is 9.76. The number of amides is 1. The molecule has 26 heavy (non-hydrogen) atoms. The van der Waals surface area contributed by atoms with Crippen molar-refractivity contribution in [3.05, 3.63) is 11.7 Å². The number of carbonyl (C=O) groups excluding carboxylic acids is 1. The third-order valence-corrected chi connectivity index (χ3v) is 5.60. The molecule has 1 spiro atoms. The molecule has 0 aliphatic carbocycles. The molecular formula is C18H28N4O4. The molecule has 1 aromatic heterocycles. The maximum absolute atomic E-state index is 11.8. The molecule has 0 aromatic carbocycles. The summed E-state index contributed by atoms with van der Waals surface area (Å²) in [5.74, 6) is 0.864. The van der Waals surface area contributed by atoms with Gasteiger partial charge in [-0.25, -0.2) is 0 Å². The molecule has 0 bridgehead atoms. The molecule has 1 amide bonds. The number of hydrogen-bond donors (Lipinski definition) is 1. The summed E-state index contributed by atoms with van der Waals surface area (Å²) in [6, 6.07) is -0.536. The Morgan fingerprint density at radius 3 is 2.62 bits per heavy atom. The summed E-state index contributed by atoms with van der Waals surface area (Å²) in [4.78, 5) is 31.5. The van der Waals surface area contributed by atoms with Crippen LogP contribution >= 0.6 is 0 Å². The zero-order valence-corrected chi connectivity index (χ0v) is 15.8. The first-order valence-electron chi connectivity index (χ1n) is 9.32. The molecule has 8 heteroatoms. The molecule has 1 aromatic rings. The van der Waals surface area contributed by atoms with E-state index in [-0.39, 0.29) is 11.3 Å². The molecule has 8 nitrogen and oxygen atoms in total. The average molecular weight is 364 g/mol. The summed E-state index contributed by atoms with van der Waals surface area (Å²) in [7, 11) is 0. The molecule has 2 fully saturated rings. The van der Waals surface area contributed by atoms with Crippen LogP contribution in [0.1, 0.15) is 51.7 Å². The highest BCUT2D eigenvalue weighted by atomic mass is 16.5. The summed E-state index contributed by atoms with van der Waals surface area (Å²) in [6.45, 7) is 8.25. The summed E-state index contributed by atoms with van der Waals surface area (Å²) in [6.07, 6.45) is 3.03. The lowest BCUT2D eigenvalue weighted by Crippen LogP contribution is -2.43. The maximum Gasteiger partial charge on any atom is 0.320 e. The van der Waals surface area contributed by atoms with Gasteiger partial charge in [0.1, 0.15) is 6.04 Å². The molecule has 2 saturated heterocycles. The first-order valence-corrected chi connectivity index (χ1v) is 9.32. The van der Waals surface area contributed by atoms with Gasteiger partial charge in [-0.2, -0.15) is 4.98 Å². The standard InChI is InChI=1S/C18H28N4O4/c1-12(2)8-16-19-15(20-26-16)10-22-11-18(9-14(22)17(24)25)4-6-21(7-5-18)13(3)23/h12,14H,4-11H2,1-3H3,(H,24,25). The van der Waals surface area contributed by atoms with E-state index in [0.29, 0.717) is 50.2 Å². The van der Waals surface area contributed by atoms with Gasteiger partial charge in [0.25, 0.3) is 0 Å². The van der Waals surface area contributed by atoms with Crippen molar-refractivity contribution in [3.63, 3.8) is 0 Å². The van der Waals surface area contributed by atoms with Crippen molar-refractivity contribution < 1.29 is 19.2 Å². The Morgan fingerprint density at radius 1 is 1.35 bits per heavy atom. The normalized spacial score (nSPS) is 23.1. The van der Waals surface area contributed by atoms with Crippen LogP contribution in [-0.4, -0.2) is 62.6 Å². The number of aromatic nitrogens is 2. The van der Waals surface area contributed by atoms with E-state index in [1.165, 1.54) is 0 Å². The molecule has 0 radical (unpaired) electrons. The summed E-state index contributed by atoms with van der Waals surface area (Å²) < 4.78 is 5.28. The summed E-state index contributed by atoms with van der Waals surface area (Å²) in [5, 5.41) is 13.7. The minimum absolute atomic E-state index is 0.0422. The highest BCUT2D eigenvalue weighted by molar-refractivity contribution is 5.74. The average Bonchev–Trinajstić information content (AvgIpc) is 3.12. The molecule has 0 saturated carbocycles. The van der Waals surface area contributed by atoms with Crippen molar-refractivity contribution in [2.24, 2.45) is 11.3 Å². The first kappa shape index (κ1) is 18.8. The number of carbonyl (C=O) groups is 2. The molecule has 3 heterocycles. The van der Waals surface area contributed by atoms with E-state index in [1.807, 2.05) is 9.80 Å². The van der Waals surface area contributed by atoms with Crippen molar-refractivity contribution in [2.75, 3.05) is 19.6 Å². The number of piperidine rings is 1. The molecule has 2 aliphatic rings.